The first-order chi connectivity index (χ1) is 17.9. The summed E-state index contributed by atoms with van der Waals surface area (Å²) in [6, 6.07) is 19.2. The van der Waals surface area contributed by atoms with Crippen molar-refractivity contribution in [1.82, 2.24) is 15.6 Å². The number of nitrogens with zero attached hydrogens (tertiary/aromatic N) is 2. The molecule has 1 aliphatic heterocycles. The minimum atomic E-state index is -1.06. The number of aliphatic carboxylic acids is 1. The maximum absolute atomic E-state index is 13.0. The predicted molar refractivity (Wildman–Crippen MR) is 137 cm³/mol. The van der Waals surface area contributed by atoms with Gasteiger partial charge in [-0.15, -0.1) is 0 Å². The molecule has 0 bridgehead atoms. The summed E-state index contributed by atoms with van der Waals surface area (Å²) < 4.78 is 0. The number of rotatable bonds is 10. The number of carboxylic acids is 1. The number of carbonyl (C=O) groups excluding carboxylic acids is 3. The Morgan fingerprint density at radius 1 is 1.05 bits per heavy atom. The number of aromatic nitrogens is 1. The molecule has 3 N–H and O–H groups in total. The number of nitrogens with one attached hydrogen (secondary N) is 2. The van der Waals surface area contributed by atoms with Gasteiger partial charge in [-0.3, -0.25) is 24.2 Å². The topological polar surface area (TPSA) is 129 Å². The Bertz CT molecular complexity index is 1270. The van der Waals surface area contributed by atoms with Crippen molar-refractivity contribution in [3.63, 3.8) is 0 Å². The van der Waals surface area contributed by atoms with Crippen LogP contribution in [-0.2, 0) is 20.8 Å². The quantitative estimate of drug-likeness (QED) is 0.393. The van der Waals surface area contributed by atoms with Gasteiger partial charge in [0.1, 0.15) is 0 Å². The molecule has 2 unspecified atom stereocenters. The van der Waals surface area contributed by atoms with E-state index in [2.05, 4.69) is 15.6 Å². The van der Waals surface area contributed by atoms with Crippen LogP contribution in [0.1, 0.15) is 40.4 Å². The van der Waals surface area contributed by atoms with Crippen molar-refractivity contribution in [3.8, 4) is 0 Å². The van der Waals surface area contributed by atoms with Gasteiger partial charge in [0.2, 0.25) is 11.8 Å². The molecule has 3 aromatic rings. The van der Waals surface area contributed by atoms with Crippen LogP contribution in [0.25, 0.3) is 0 Å². The lowest BCUT2D eigenvalue weighted by Gasteiger charge is -2.20. The first kappa shape index (κ1) is 25.6. The molecular weight excluding hydrogens is 472 g/mol. The van der Waals surface area contributed by atoms with Crippen LogP contribution in [0.4, 0.5) is 5.69 Å². The summed E-state index contributed by atoms with van der Waals surface area (Å²) in [5, 5.41) is 14.9. The Morgan fingerprint density at radius 3 is 2.59 bits per heavy atom. The standard InChI is InChI=1S/C28H28N4O5/c33-25-15-22(28(37)31-24(16-26(34)35)21-9-5-12-29-17-21)18-32(25)23-10-4-8-20(14-23)27(36)30-13-11-19-6-2-1-3-7-19/h1-10,12,14,17,22,24H,11,13,15-16,18H2,(H,30,36)(H,31,37)(H,34,35). The largest absolute Gasteiger partial charge is 0.481 e. The Labute approximate surface area is 214 Å². The second-order valence-corrected chi connectivity index (χ2v) is 8.89. The molecule has 4 rings (SSSR count). The van der Waals surface area contributed by atoms with Crippen LogP contribution in [0.5, 0.6) is 0 Å². The van der Waals surface area contributed by atoms with Crippen molar-refractivity contribution in [1.29, 1.82) is 0 Å². The molecule has 0 spiro atoms. The monoisotopic (exact) mass is 500 g/mol. The number of carbonyl (C=O) groups is 4. The molecule has 1 fully saturated rings. The highest BCUT2D eigenvalue weighted by atomic mass is 16.4. The van der Waals surface area contributed by atoms with E-state index in [4.69, 9.17) is 0 Å². The van der Waals surface area contributed by atoms with Crippen molar-refractivity contribution < 1.29 is 24.3 Å². The second kappa shape index (κ2) is 11.9. The van der Waals surface area contributed by atoms with E-state index >= 15 is 0 Å². The van der Waals surface area contributed by atoms with Gasteiger partial charge in [-0.25, -0.2) is 0 Å². The molecular formula is C28H28N4O5. The minimum Gasteiger partial charge on any atom is -0.481 e. The summed E-state index contributed by atoms with van der Waals surface area (Å²) in [7, 11) is 0. The van der Waals surface area contributed by atoms with E-state index in [0.29, 0.717) is 29.8 Å². The number of amides is 3. The molecule has 2 atom stereocenters. The molecule has 0 radical (unpaired) electrons. The van der Waals surface area contributed by atoms with Crippen LogP contribution in [0.15, 0.2) is 79.1 Å². The van der Waals surface area contributed by atoms with Gasteiger partial charge in [-0.05, 0) is 41.8 Å². The first-order valence-electron chi connectivity index (χ1n) is 12.1. The average Bonchev–Trinajstić information content (AvgIpc) is 3.31. The van der Waals surface area contributed by atoms with E-state index in [1.807, 2.05) is 30.3 Å². The molecule has 1 aliphatic rings. The maximum Gasteiger partial charge on any atom is 0.305 e. The molecule has 9 nitrogen and oxygen atoms in total. The SMILES string of the molecule is O=C(O)CC(NC(=O)C1CC(=O)N(c2cccc(C(=O)NCCc3ccccc3)c2)C1)c1cccnc1. The third-order valence-corrected chi connectivity index (χ3v) is 6.24. The lowest BCUT2D eigenvalue weighted by Crippen LogP contribution is -2.36. The number of benzene rings is 2. The summed E-state index contributed by atoms with van der Waals surface area (Å²) in [6.45, 7) is 0.614. The van der Waals surface area contributed by atoms with E-state index in [-0.39, 0.29) is 31.2 Å². The Balaban J connectivity index is 1.38. The molecule has 2 heterocycles. The fourth-order valence-electron chi connectivity index (χ4n) is 4.31. The maximum atomic E-state index is 13.0. The lowest BCUT2D eigenvalue weighted by molar-refractivity contribution is -0.138. The normalized spacial score (nSPS) is 15.7. The zero-order chi connectivity index (χ0) is 26.2. The summed E-state index contributed by atoms with van der Waals surface area (Å²) in [5.41, 5.74) is 2.65. The summed E-state index contributed by atoms with van der Waals surface area (Å²) in [4.78, 5) is 55.2. The van der Waals surface area contributed by atoms with E-state index in [9.17, 15) is 24.3 Å². The van der Waals surface area contributed by atoms with Crippen molar-refractivity contribution in [2.45, 2.75) is 25.3 Å². The highest BCUT2D eigenvalue weighted by Gasteiger charge is 2.36. The van der Waals surface area contributed by atoms with Crippen molar-refractivity contribution in [3.05, 3.63) is 95.8 Å². The van der Waals surface area contributed by atoms with Gasteiger partial charge in [-0.1, -0.05) is 42.5 Å². The van der Waals surface area contributed by atoms with Gasteiger partial charge in [0.05, 0.1) is 18.4 Å². The number of hydrogen-bond donors (Lipinski definition) is 3. The van der Waals surface area contributed by atoms with E-state index in [0.717, 1.165) is 5.56 Å². The summed E-state index contributed by atoms with van der Waals surface area (Å²) in [6.07, 6.45) is 3.47. The minimum absolute atomic E-state index is 0.00777. The van der Waals surface area contributed by atoms with Gasteiger partial charge in [0.25, 0.3) is 5.91 Å². The smallest absolute Gasteiger partial charge is 0.305 e. The second-order valence-electron chi connectivity index (χ2n) is 8.89. The van der Waals surface area contributed by atoms with Gasteiger partial charge in [-0.2, -0.15) is 0 Å². The zero-order valence-corrected chi connectivity index (χ0v) is 20.2. The number of pyridine rings is 1. The highest BCUT2D eigenvalue weighted by Crippen LogP contribution is 2.27. The number of anilines is 1. The van der Waals surface area contributed by atoms with E-state index in [1.54, 1.807) is 42.6 Å². The molecule has 2 aromatic carbocycles. The lowest BCUT2D eigenvalue weighted by atomic mass is 10.0. The fraction of sp³-hybridized carbons (Fsp3) is 0.250. The molecule has 1 saturated heterocycles. The van der Waals surface area contributed by atoms with E-state index in [1.165, 1.54) is 11.1 Å². The van der Waals surface area contributed by atoms with Crippen LogP contribution in [0.3, 0.4) is 0 Å². The van der Waals surface area contributed by atoms with Crippen LogP contribution >= 0.6 is 0 Å². The van der Waals surface area contributed by atoms with Gasteiger partial charge in [0, 0.05) is 43.2 Å². The first-order valence-corrected chi connectivity index (χ1v) is 12.1. The fourth-order valence-corrected chi connectivity index (χ4v) is 4.31. The third kappa shape index (κ3) is 6.78. The highest BCUT2D eigenvalue weighted by molar-refractivity contribution is 6.02. The molecule has 0 aliphatic carbocycles. The predicted octanol–water partition coefficient (Wildman–Crippen LogP) is 2.74. The zero-order valence-electron chi connectivity index (χ0n) is 20.2. The van der Waals surface area contributed by atoms with Gasteiger partial charge in [0.15, 0.2) is 0 Å². The molecule has 3 amide bonds. The van der Waals surface area contributed by atoms with Crippen LogP contribution in [0, 0.1) is 5.92 Å². The Morgan fingerprint density at radius 2 is 1.86 bits per heavy atom. The van der Waals surface area contributed by atoms with Gasteiger partial charge < -0.3 is 20.6 Å². The van der Waals surface area contributed by atoms with Crippen molar-refractivity contribution >= 4 is 29.4 Å². The van der Waals surface area contributed by atoms with Crippen molar-refractivity contribution in [2.75, 3.05) is 18.0 Å². The summed E-state index contributed by atoms with van der Waals surface area (Å²) in [5.74, 6) is -2.59. The van der Waals surface area contributed by atoms with Crippen molar-refractivity contribution in [2.24, 2.45) is 5.92 Å². The number of carboxylic acid groups (broad SMARTS) is 1. The van der Waals surface area contributed by atoms with E-state index < -0.39 is 23.8 Å². The summed E-state index contributed by atoms with van der Waals surface area (Å²) >= 11 is 0. The van der Waals surface area contributed by atoms with Crippen LogP contribution in [-0.4, -0.2) is 46.9 Å². The Hall–Kier alpha value is -4.53. The molecule has 190 valence electrons. The molecule has 0 saturated carbocycles. The molecule has 1 aromatic heterocycles. The van der Waals surface area contributed by atoms with Gasteiger partial charge >= 0.3 is 5.97 Å². The van der Waals surface area contributed by atoms with Crippen LogP contribution in [0.2, 0.25) is 0 Å². The average molecular weight is 501 g/mol. The van der Waals surface area contributed by atoms with Crippen LogP contribution < -0.4 is 15.5 Å². The Kier molecular flexibility index (Phi) is 8.25. The molecule has 9 heteroatoms. The molecule has 37 heavy (non-hydrogen) atoms. The third-order valence-electron chi connectivity index (χ3n) is 6.24. The number of hydrogen-bond acceptors (Lipinski definition) is 5.